The van der Waals surface area contributed by atoms with Crippen molar-refractivity contribution in [3.05, 3.63) is 126 Å². The van der Waals surface area contributed by atoms with E-state index in [0.717, 1.165) is 38.9 Å². The van der Waals surface area contributed by atoms with Crippen LogP contribution in [0.1, 0.15) is 33.4 Å². The summed E-state index contributed by atoms with van der Waals surface area (Å²) in [7, 11) is 1.89. The van der Waals surface area contributed by atoms with E-state index in [1.54, 1.807) is 9.58 Å². The van der Waals surface area contributed by atoms with Crippen molar-refractivity contribution < 1.29 is 14.3 Å². The van der Waals surface area contributed by atoms with Gasteiger partial charge in [0.05, 0.1) is 17.2 Å². The normalized spacial score (nSPS) is 13.7. The van der Waals surface area contributed by atoms with Gasteiger partial charge < -0.3 is 15.0 Å². The van der Waals surface area contributed by atoms with Gasteiger partial charge >= 0.3 is 0 Å². The van der Waals surface area contributed by atoms with Gasteiger partial charge in [-0.1, -0.05) is 48.5 Å². The smallest absolute Gasteiger partial charge is 0.255 e. The molecule has 0 radical (unpaired) electrons. The second kappa shape index (κ2) is 9.20. The van der Waals surface area contributed by atoms with Crippen LogP contribution in [0, 0.1) is 5.82 Å². The summed E-state index contributed by atoms with van der Waals surface area (Å²) in [5.41, 5.74) is 7.21. The minimum absolute atomic E-state index is 0.106. The maximum absolute atomic E-state index is 14.4. The van der Waals surface area contributed by atoms with E-state index < -0.39 is 11.9 Å². The Morgan fingerprint density at radius 2 is 1.68 bits per heavy atom. The Morgan fingerprint density at radius 1 is 0.925 bits per heavy atom. The van der Waals surface area contributed by atoms with E-state index in [4.69, 9.17) is 4.98 Å². The van der Waals surface area contributed by atoms with E-state index in [0.29, 0.717) is 17.9 Å². The Kier molecular flexibility index (Phi) is 5.48. The molecule has 0 bridgehead atoms. The number of aromatic nitrogens is 4. The number of hydrogen-bond donors (Lipinski definition) is 2. The number of amides is 1. The molecule has 7 rings (SSSR count). The minimum Gasteiger partial charge on any atom is -0.508 e. The monoisotopic (exact) mass is 529 g/mol. The lowest BCUT2D eigenvalue weighted by Crippen LogP contribution is -2.31. The van der Waals surface area contributed by atoms with Gasteiger partial charge in [0.2, 0.25) is 0 Å². The minimum atomic E-state index is -0.815. The Balaban J connectivity index is 1.26. The van der Waals surface area contributed by atoms with Crippen LogP contribution in [0.3, 0.4) is 0 Å². The Labute approximate surface area is 229 Å². The van der Waals surface area contributed by atoms with Gasteiger partial charge in [0.15, 0.2) is 0 Å². The molecule has 0 fully saturated rings. The Bertz CT molecular complexity index is 1870. The number of carbonyl (C=O) groups is 1. The third-order valence-electron chi connectivity index (χ3n) is 7.46. The number of imidazole rings is 1. The van der Waals surface area contributed by atoms with E-state index in [-0.39, 0.29) is 17.2 Å². The summed E-state index contributed by atoms with van der Waals surface area (Å²) in [6.07, 6.45) is 3.79. The van der Waals surface area contributed by atoms with Gasteiger partial charge in [0.1, 0.15) is 23.4 Å². The van der Waals surface area contributed by atoms with Crippen LogP contribution in [-0.2, 0) is 13.6 Å². The second-order valence-corrected chi connectivity index (χ2v) is 10.0. The van der Waals surface area contributed by atoms with Gasteiger partial charge in [-0.15, -0.1) is 0 Å². The highest BCUT2D eigenvalue weighted by molar-refractivity contribution is 6.00. The van der Waals surface area contributed by atoms with Crippen molar-refractivity contribution in [2.45, 2.75) is 12.6 Å². The van der Waals surface area contributed by atoms with Crippen LogP contribution in [0.2, 0.25) is 0 Å². The predicted octanol–water partition coefficient (Wildman–Crippen LogP) is 6.22. The fourth-order valence-electron chi connectivity index (χ4n) is 5.45. The Morgan fingerprint density at radius 3 is 2.42 bits per heavy atom. The summed E-state index contributed by atoms with van der Waals surface area (Å²) in [6, 6.07) is 24.5. The number of phenols is 1. The number of aromatic amines is 1. The molecule has 6 aromatic rings. The molecule has 7 nitrogen and oxygen atoms in total. The van der Waals surface area contributed by atoms with E-state index in [1.165, 1.54) is 18.2 Å². The molecule has 1 atom stereocenters. The fourth-order valence-corrected chi connectivity index (χ4v) is 5.45. The molecule has 1 amide bonds. The number of benzene rings is 4. The molecule has 0 saturated carbocycles. The number of rotatable bonds is 5. The molecule has 1 aliphatic rings. The number of hydrogen-bond acceptors (Lipinski definition) is 4. The summed E-state index contributed by atoms with van der Waals surface area (Å²) in [4.78, 5) is 23.5. The first-order valence-electron chi connectivity index (χ1n) is 12.9. The molecule has 3 heterocycles. The van der Waals surface area contributed by atoms with Gasteiger partial charge in [0.25, 0.3) is 5.91 Å². The first kappa shape index (κ1) is 23.8. The highest BCUT2D eigenvalue weighted by Gasteiger charge is 2.37. The fraction of sp³-hybridized carbons (Fsp3) is 0.0938. The van der Waals surface area contributed by atoms with E-state index in [9.17, 15) is 14.3 Å². The van der Waals surface area contributed by atoms with E-state index >= 15 is 0 Å². The molecule has 0 saturated heterocycles. The molecule has 4 aromatic carbocycles. The first-order valence-corrected chi connectivity index (χ1v) is 12.9. The zero-order chi connectivity index (χ0) is 27.4. The van der Waals surface area contributed by atoms with Gasteiger partial charge in [-0.05, 0) is 58.7 Å². The standard InChI is InChI=1S/C32H24FN5O2/c1-37-17-23(16-34-37)20-8-6-19(7-9-20)21-10-11-22-18-38(32(40)25(22)14-21)30(26-15-24(33)12-13-29(26)39)31-35-27-4-2-3-5-28(27)36-31/h2-17,30,39H,18H2,1H3,(H,35,36). The van der Waals surface area contributed by atoms with Crippen molar-refractivity contribution in [1.29, 1.82) is 0 Å². The lowest BCUT2D eigenvalue weighted by Gasteiger charge is -2.27. The van der Waals surface area contributed by atoms with Gasteiger partial charge in [-0.2, -0.15) is 5.10 Å². The third kappa shape index (κ3) is 4.01. The predicted molar refractivity (Wildman–Crippen MR) is 150 cm³/mol. The van der Waals surface area contributed by atoms with Gasteiger partial charge in [-0.3, -0.25) is 9.48 Å². The zero-order valence-electron chi connectivity index (χ0n) is 21.5. The molecule has 196 valence electrons. The van der Waals surface area contributed by atoms with Crippen LogP contribution in [0.5, 0.6) is 5.75 Å². The summed E-state index contributed by atoms with van der Waals surface area (Å²) in [5, 5.41) is 15.0. The molecule has 8 heteroatoms. The molecule has 1 unspecified atom stereocenters. The topological polar surface area (TPSA) is 87.0 Å². The van der Waals surface area contributed by atoms with Crippen LogP contribution in [0.25, 0.3) is 33.3 Å². The van der Waals surface area contributed by atoms with E-state index in [1.807, 2.05) is 86.2 Å². The third-order valence-corrected chi connectivity index (χ3v) is 7.46. The average Bonchev–Trinajstić information content (AvgIpc) is 3.68. The van der Waals surface area contributed by atoms with Gasteiger partial charge in [0, 0.05) is 36.5 Å². The molecule has 1 aliphatic heterocycles. The number of nitrogens with zero attached hydrogens (tertiary/aromatic N) is 4. The number of nitrogens with one attached hydrogen (secondary N) is 1. The highest BCUT2D eigenvalue weighted by Crippen LogP contribution is 2.40. The number of aromatic hydroxyl groups is 1. The molecule has 2 aromatic heterocycles. The Hall–Kier alpha value is -5.24. The van der Waals surface area contributed by atoms with Gasteiger partial charge in [-0.25, -0.2) is 9.37 Å². The molecule has 0 spiro atoms. The molecule has 40 heavy (non-hydrogen) atoms. The van der Waals surface area contributed by atoms with Crippen molar-refractivity contribution in [1.82, 2.24) is 24.6 Å². The van der Waals surface area contributed by atoms with Crippen molar-refractivity contribution >= 4 is 16.9 Å². The number of fused-ring (bicyclic) bond motifs is 2. The lowest BCUT2D eigenvalue weighted by molar-refractivity contribution is 0.0723. The maximum Gasteiger partial charge on any atom is 0.255 e. The summed E-state index contributed by atoms with van der Waals surface area (Å²) in [5.74, 6) is -0.368. The lowest BCUT2D eigenvalue weighted by atomic mass is 9.98. The van der Waals surface area contributed by atoms with Crippen LogP contribution in [0.15, 0.2) is 97.3 Å². The van der Waals surface area contributed by atoms with Crippen molar-refractivity contribution in [2.24, 2.45) is 7.05 Å². The molecular weight excluding hydrogens is 505 g/mol. The molecule has 2 N–H and O–H groups in total. The molecular formula is C32H24FN5O2. The maximum atomic E-state index is 14.4. The van der Waals surface area contributed by atoms with Crippen LogP contribution in [-0.4, -0.2) is 35.7 Å². The molecule has 0 aliphatic carbocycles. The summed E-state index contributed by atoms with van der Waals surface area (Å²) in [6.45, 7) is 0.298. The second-order valence-electron chi connectivity index (χ2n) is 10.0. The van der Waals surface area contributed by atoms with Crippen LogP contribution < -0.4 is 0 Å². The zero-order valence-corrected chi connectivity index (χ0v) is 21.5. The number of para-hydroxylation sites is 2. The number of halogens is 1. The SMILES string of the molecule is Cn1cc(-c2ccc(-c3ccc4c(c3)C(=O)N(C(c3nc5ccccc5[nH]3)c3cc(F)ccc3O)C4)cc2)cn1. The number of aryl methyl sites for hydroxylation is 1. The van der Waals surface area contributed by atoms with Crippen molar-refractivity contribution in [3.8, 4) is 28.0 Å². The quantitative estimate of drug-likeness (QED) is 0.278. The number of H-pyrrole nitrogens is 1. The summed E-state index contributed by atoms with van der Waals surface area (Å²) >= 11 is 0. The van der Waals surface area contributed by atoms with E-state index in [2.05, 4.69) is 10.1 Å². The first-order chi connectivity index (χ1) is 19.4. The van der Waals surface area contributed by atoms with Crippen LogP contribution in [0.4, 0.5) is 4.39 Å². The largest absolute Gasteiger partial charge is 0.508 e. The number of phenolic OH excluding ortho intramolecular Hbond substituents is 1. The van der Waals surface area contributed by atoms with Crippen molar-refractivity contribution in [3.63, 3.8) is 0 Å². The summed E-state index contributed by atoms with van der Waals surface area (Å²) < 4.78 is 16.2. The number of carbonyl (C=O) groups excluding carboxylic acids is 1. The average molecular weight is 530 g/mol. The van der Waals surface area contributed by atoms with Crippen LogP contribution >= 0.6 is 0 Å². The highest BCUT2D eigenvalue weighted by atomic mass is 19.1. The van der Waals surface area contributed by atoms with Crippen molar-refractivity contribution in [2.75, 3.05) is 0 Å².